The highest BCUT2D eigenvalue weighted by molar-refractivity contribution is 5.85. The first-order valence-electron chi connectivity index (χ1n) is 8.38. The van der Waals surface area contributed by atoms with Gasteiger partial charge >= 0.3 is 0 Å². The van der Waals surface area contributed by atoms with Crippen LogP contribution in [-0.2, 0) is 11.3 Å². The van der Waals surface area contributed by atoms with Gasteiger partial charge in [0.2, 0.25) is 5.91 Å². The van der Waals surface area contributed by atoms with Crippen LogP contribution in [0.25, 0.3) is 5.69 Å². The van der Waals surface area contributed by atoms with Crippen LogP contribution < -0.4 is 10.6 Å². The predicted octanol–water partition coefficient (Wildman–Crippen LogP) is 2.69. The van der Waals surface area contributed by atoms with Gasteiger partial charge in [-0.05, 0) is 56.5 Å². The molecule has 24 heavy (non-hydrogen) atoms. The third-order valence-electron chi connectivity index (χ3n) is 4.37. The summed E-state index contributed by atoms with van der Waals surface area (Å²) in [5, 5.41) is 10.8. The number of hydrogen-bond donors (Lipinski definition) is 2. The van der Waals surface area contributed by atoms with E-state index in [0.29, 0.717) is 18.9 Å². The van der Waals surface area contributed by atoms with E-state index in [0.717, 1.165) is 30.9 Å². The molecule has 0 bridgehead atoms. The largest absolute Gasteiger partial charge is 0.350 e. The molecule has 1 fully saturated rings. The zero-order valence-corrected chi connectivity index (χ0v) is 14.6. The van der Waals surface area contributed by atoms with Crippen molar-refractivity contribution in [2.24, 2.45) is 5.92 Å². The third kappa shape index (κ3) is 5.35. The molecule has 1 aromatic carbocycles. The first kappa shape index (κ1) is 18.5. The minimum Gasteiger partial charge on any atom is -0.350 e. The van der Waals surface area contributed by atoms with E-state index in [9.17, 15) is 4.79 Å². The molecule has 0 aliphatic carbocycles. The van der Waals surface area contributed by atoms with Gasteiger partial charge in [-0.1, -0.05) is 18.2 Å². The number of carbonyl (C=O) groups is 1. The molecule has 5 nitrogen and oxygen atoms in total. The first-order chi connectivity index (χ1) is 11.3. The van der Waals surface area contributed by atoms with E-state index in [4.69, 9.17) is 0 Å². The molecule has 0 spiro atoms. The molecule has 2 heterocycles. The number of rotatable bonds is 6. The molecule has 1 saturated heterocycles. The SMILES string of the molecule is Cl.O=C(CCC1CCNCC1)NCc1ccn(-c2ccccc2)n1. The van der Waals surface area contributed by atoms with E-state index in [1.165, 1.54) is 12.8 Å². The van der Waals surface area contributed by atoms with E-state index in [1.54, 1.807) is 0 Å². The minimum absolute atomic E-state index is 0. The monoisotopic (exact) mass is 348 g/mol. The van der Waals surface area contributed by atoms with Gasteiger partial charge in [-0.15, -0.1) is 12.4 Å². The molecular formula is C18H25ClN4O. The van der Waals surface area contributed by atoms with Crippen molar-refractivity contribution in [3.63, 3.8) is 0 Å². The van der Waals surface area contributed by atoms with Crippen LogP contribution in [0.4, 0.5) is 0 Å². The van der Waals surface area contributed by atoms with Crippen molar-refractivity contribution >= 4 is 18.3 Å². The van der Waals surface area contributed by atoms with Crippen LogP contribution in [0.3, 0.4) is 0 Å². The third-order valence-corrected chi connectivity index (χ3v) is 4.37. The number of para-hydroxylation sites is 1. The van der Waals surface area contributed by atoms with Gasteiger partial charge in [0.1, 0.15) is 0 Å². The number of piperidine rings is 1. The Balaban J connectivity index is 0.00000208. The summed E-state index contributed by atoms with van der Waals surface area (Å²) < 4.78 is 1.83. The van der Waals surface area contributed by atoms with Gasteiger partial charge in [0.15, 0.2) is 0 Å². The topological polar surface area (TPSA) is 59.0 Å². The molecule has 0 atom stereocenters. The van der Waals surface area contributed by atoms with Crippen molar-refractivity contribution < 1.29 is 4.79 Å². The molecule has 2 aromatic rings. The normalized spacial score (nSPS) is 14.8. The van der Waals surface area contributed by atoms with Gasteiger partial charge in [0.05, 0.1) is 17.9 Å². The number of nitrogens with one attached hydrogen (secondary N) is 2. The van der Waals surface area contributed by atoms with Gasteiger partial charge in [-0.25, -0.2) is 4.68 Å². The average molecular weight is 349 g/mol. The fraction of sp³-hybridized carbons (Fsp3) is 0.444. The Bertz CT molecular complexity index is 623. The lowest BCUT2D eigenvalue weighted by atomic mass is 9.93. The number of carbonyl (C=O) groups excluding carboxylic acids is 1. The van der Waals surface area contributed by atoms with Crippen molar-refractivity contribution in [2.75, 3.05) is 13.1 Å². The molecule has 3 rings (SSSR count). The maximum Gasteiger partial charge on any atom is 0.220 e. The second-order valence-electron chi connectivity index (χ2n) is 6.10. The fourth-order valence-corrected chi connectivity index (χ4v) is 2.96. The van der Waals surface area contributed by atoms with Crippen LogP contribution >= 0.6 is 12.4 Å². The highest BCUT2D eigenvalue weighted by Crippen LogP contribution is 2.17. The minimum atomic E-state index is 0. The number of benzene rings is 1. The highest BCUT2D eigenvalue weighted by Gasteiger charge is 2.14. The van der Waals surface area contributed by atoms with Crippen molar-refractivity contribution in [1.82, 2.24) is 20.4 Å². The second-order valence-corrected chi connectivity index (χ2v) is 6.10. The van der Waals surface area contributed by atoms with E-state index in [1.807, 2.05) is 47.3 Å². The second kappa shape index (κ2) is 9.45. The lowest BCUT2D eigenvalue weighted by Crippen LogP contribution is -2.29. The van der Waals surface area contributed by atoms with E-state index in [-0.39, 0.29) is 18.3 Å². The molecule has 1 aliphatic heterocycles. The molecular weight excluding hydrogens is 324 g/mol. The first-order valence-corrected chi connectivity index (χ1v) is 8.38. The van der Waals surface area contributed by atoms with Crippen LogP contribution in [0.2, 0.25) is 0 Å². The van der Waals surface area contributed by atoms with Crippen LogP contribution in [0, 0.1) is 5.92 Å². The van der Waals surface area contributed by atoms with Crippen LogP contribution in [-0.4, -0.2) is 28.8 Å². The van der Waals surface area contributed by atoms with Crippen LogP contribution in [0.15, 0.2) is 42.6 Å². The van der Waals surface area contributed by atoms with Crippen molar-refractivity contribution in [2.45, 2.75) is 32.2 Å². The predicted molar refractivity (Wildman–Crippen MR) is 97.5 cm³/mol. The summed E-state index contributed by atoms with van der Waals surface area (Å²) in [5.41, 5.74) is 1.90. The van der Waals surface area contributed by atoms with Gasteiger partial charge in [-0.2, -0.15) is 5.10 Å². The number of amides is 1. The Labute approximate surface area is 149 Å². The Morgan fingerprint density at radius 2 is 1.96 bits per heavy atom. The van der Waals surface area contributed by atoms with Gasteiger partial charge in [0, 0.05) is 12.6 Å². The lowest BCUT2D eigenvalue weighted by Gasteiger charge is -2.22. The number of nitrogens with zero attached hydrogens (tertiary/aromatic N) is 2. The summed E-state index contributed by atoms with van der Waals surface area (Å²) in [6.45, 7) is 2.66. The van der Waals surface area contributed by atoms with E-state index >= 15 is 0 Å². The number of hydrogen-bond acceptors (Lipinski definition) is 3. The quantitative estimate of drug-likeness (QED) is 0.843. The van der Waals surface area contributed by atoms with Crippen molar-refractivity contribution in [1.29, 1.82) is 0 Å². The summed E-state index contributed by atoms with van der Waals surface area (Å²) in [6.07, 6.45) is 5.91. The molecule has 1 amide bonds. The molecule has 1 aliphatic rings. The zero-order valence-electron chi connectivity index (χ0n) is 13.8. The summed E-state index contributed by atoms with van der Waals surface area (Å²) in [4.78, 5) is 12.0. The smallest absolute Gasteiger partial charge is 0.220 e. The van der Waals surface area contributed by atoms with Crippen LogP contribution in [0.1, 0.15) is 31.4 Å². The molecule has 130 valence electrons. The standard InChI is InChI=1S/C18H24N4O.ClH/c23-18(7-6-15-8-11-19-12-9-15)20-14-16-10-13-22(21-16)17-4-2-1-3-5-17;/h1-5,10,13,15,19H,6-9,11-12,14H2,(H,20,23);1H. The van der Waals surface area contributed by atoms with Gasteiger partial charge in [-0.3, -0.25) is 4.79 Å². The Morgan fingerprint density at radius 3 is 2.71 bits per heavy atom. The molecule has 0 saturated carbocycles. The summed E-state index contributed by atoms with van der Waals surface area (Å²) >= 11 is 0. The highest BCUT2D eigenvalue weighted by atomic mass is 35.5. The molecule has 1 aromatic heterocycles. The maximum absolute atomic E-state index is 12.0. The summed E-state index contributed by atoms with van der Waals surface area (Å²) in [6, 6.07) is 11.9. The zero-order chi connectivity index (χ0) is 15.9. The summed E-state index contributed by atoms with van der Waals surface area (Å²) in [7, 11) is 0. The van der Waals surface area contributed by atoms with Crippen LogP contribution in [0.5, 0.6) is 0 Å². The van der Waals surface area contributed by atoms with E-state index < -0.39 is 0 Å². The molecule has 6 heteroatoms. The Hall–Kier alpha value is -1.85. The molecule has 2 N–H and O–H groups in total. The summed E-state index contributed by atoms with van der Waals surface area (Å²) in [5.74, 6) is 0.817. The van der Waals surface area contributed by atoms with Gasteiger partial charge < -0.3 is 10.6 Å². The van der Waals surface area contributed by atoms with Crippen molar-refractivity contribution in [3.05, 3.63) is 48.3 Å². The lowest BCUT2D eigenvalue weighted by molar-refractivity contribution is -0.121. The average Bonchev–Trinajstić information content (AvgIpc) is 3.09. The molecule has 0 unspecified atom stereocenters. The maximum atomic E-state index is 12.0. The van der Waals surface area contributed by atoms with Gasteiger partial charge in [0.25, 0.3) is 0 Å². The molecule has 0 radical (unpaired) electrons. The number of halogens is 1. The Morgan fingerprint density at radius 1 is 1.21 bits per heavy atom. The van der Waals surface area contributed by atoms with Crippen molar-refractivity contribution in [3.8, 4) is 5.69 Å². The van der Waals surface area contributed by atoms with E-state index in [2.05, 4.69) is 15.7 Å². The number of aromatic nitrogens is 2. The fourth-order valence-electron chi connectivity index (χ4n) is 2.96. The Kier molecular flexibility index (Phi) is 7.28.